The topological polar surface area (TPSA) is 204 Å². The molecule has 4 fully saturated rings. The molecule has 2 aromatic rings. The Morgan fingerprint density at radius 3 is 2.29 bits per heavy atom. The summed E-state index contributed by atoms with van der Waals surface area (Å²) in [5.41, 5.74) is -0.792. The van der Waals surface area contributed by atoms with Crippen molar-refractivity contribution in [2.75, 3.05) is 38.0 Å². The Kier molecular flexibility index (Phi) is 11.3. The molecule has 4 N–H and O–H groups in total. The Balaban J connectivity index is 1.12. The van der Waals surface area contributed by atoms with Crippen LogP contribution in [0.5, 0.6) is 0 Å². The second-order valence-corrected chi connectivity index (χ2v) is 20.9. The van der Waals surface area contributed by atoms with E-state index in [1.165, 1.54) is 32.3 Å². The fourth-order valence-electron chi connectivity index (χ4n) is 8.14. The number of hydrogen-bond donors (Lipinski definition) is 4. The maximum absolute atomic E-state index is 14.7. The second kappa shape index (κ2) is 15.7. The van der Waals surface area contributed by atoms with Gasteiger partial charge in [0.1, 0.15) is 29.5 Å². The van der Waals surface area contributed by atoms with Crippen molar-refractivity contribution in [3.8, 4) is 0 Å². The molecule has 5 aliphatic rings. The van der Waals surface area contributed by atoms with Gasteiger partial charge in [0.2, 0.25) is 31.9 Å². The SMILES string of the molecule is CC[C@@H]1C[C@]1(NC(=O)[C@@H]1C[C@@H](OC(=O)N2Cc3cccc(F)c3C2)CN1C(=O)[C@@H](Nc1ccc(S(=O)(=O)N2CCNCC2)cc1)C(C)(C)C)C(=O)NS(=O)(=O)C1CC1. The van der Waals surface area contributed by atoms with Crippen molar-refractivity contribution in [1.29, 1.82) is 0 Å². The Hall–Kier alpha value is -4.33. The van der Waals surface area contributed by atoms with E-state index in [-0.39, 0.29) is 43.3 Å². The highest BCUT2D eigenvalue weighted by Gasteiger charge is 2.62. The summed E-state index contributed by atoms with van der Waals surface area (Å²) < 4.78 is 76.0. The summed E-state index contributed by atoms with van der Waals surface area (Å²) in [6.07, 6.45) is -0.252. The molecule has 7 rings (SSSR count). The van der Waals surface area contributed by atoms with Crippen LogP contribution in [0, 0.1) is 17.2 Å². The van der Waals surface area contributed by atoms with E-state index in [0.717, 1.165) is 0 Å². The molecule has 2 aromatic carbocycles. The Labute approximate surface area is 338 Å². The molecule has 4 amide bonds. The first-order chi connectivity index (χ1) is 27.3. The van der Waals surface area contributed by atoms with Gasteiger partial charge in [-0.2, -0.15) is 4.31 Å². The zero-order valence-electron chi connectivity index (χ0n) is 33.1. The number of hydrogen-bond acceptors (Lipinski definition) is 11. The normalized spacial score (nSPS) is 25.4. The summed E-state index contributed by atoms with van der Waals surface area (Å²) in [6, 6.07) is 8.51. The van der Waals surface area contributed by atoms with Crippen molar-refractivity contribution in [1.82, 2.24) is 29.5 Å². The average molecular weight is 846 g/mol. The van der Waals surface area contributed by atoms with Crippen LogP contribution in [0.15, 0.2) is 47.4 Å². The number of sulfonamides is 2. The van der Waals surface area contributed by atoms with Crippen LogP contribution < -0.4 is 20.7 Å². The predicted molar refractivity (Wildman–Crippen MR) is 210 cm³/mol. The first-order valence-corrected chi connectivity index (χ1v) is 22.8. The summed E-state index contributed by atoms with van der Waals surface area (Å²) >= 11 is 0. The van der Waals surface area contributed by atoms with Crippen molar-refractivity contribution >= 4 is 49.5 Å². The van der Waals surface area contributed by atoms with Crippen molar-refractivity contribution in [2.24, 2.45) is 11.3 Å². The van der Waals surface area contributed by atoms with E-state index < -0.39 is 84.1 Å². The lowest BCUT2D eigenvalue weighted by molar-refractivity contribution is -0.141. The fraction of sp³-hybridized carbons (Fsp3) is 0.590. The van der Waals surface area contributed by atoms with Crippen LogP contribution in [-0.4, -0.2) is 116 Å². The second-order valence-electron chi connectivity index (χ2n) is 17.0. The number of rotatable bonds is 12. The molecule has 0 radical (unpaired) electrons. The number of halogens is 1. The van der Waals surface area contributed by atoms with E-state index in [1.54, 1.807) is 24.3 Å². The molecule has 19 heteroatoms. The van der Waals surface area contributed by atoms with E-state index in [2.05, 4.69) is 20.7 Å². The minimum atomic E-state index is -3.91. The van der Waals surface area contributed by atoms with E-state index in [0.29, 0.717) is 62.3 Å². The third-order valence-corrected chi connectivity index (χ3v) is 15.6. The fourth-order valence-corrected chi connectivity index (χ4v) is 10.9. The third kappa shape index (κ3) is 8.40. The number of piperazine rings is 1. The molecule has 3 aliphatic heterocycles. The maximum Gasteiger partial charge on any atom is 0.410 e. The van der Waals surface area contributed by atoms with Crippen molar-refractivity contribution in [2.45, 2.75) is 107 Å². The highest BCUT2D eigenvalue weighted by molar-refractivity contribution is 7.91. The summed E-state index contributed by atoms with van der Waals surface area (Å²) in [5.74, 6) is -2.82. The smallest absolute Gasteiger partial charge is 0.410 e. The van der Waals surface area contributed by atoms with Gasteiger partial charge in [0.25, 0.3) is 5.91 Å². The van der Waals surface area contributed by atoms with Gasteiger partial charge in [-0.3, -0.25) is 24.0 Å². The van der Waals surface area contributed by atoms with Crippen LogP contribution in [0.4, 0.5) is 14.9 Å². The number of nitrogens with one attached hydrogen (secondary N) is 4. The molecule has 0 unspecified atom stereocenters. The van der Waals surface area contributed by atoms with Crippen LogP contribution in [0.1, 0.15) is 70.9 Å². The number of benzene rings is 2. The van der Waals surface area contributed by atoms with Gasteiger partial charge in [0, 0.05) is 50.4 Å². The van der Waals surface area contributed by atoms with Gasteiger partial charge in [-0.1, -0.05) is 46.2 Å². The van der Waals surface area contributed by atoms with Crippen LogP contribution >= 0.6 is 0 Å². The Bertz CT molecular complexity index is 2170. The van der Waals surface area contributed by atoms with Gasteiger partial charge in [0.15, 0.2) is 0 Å². The van der Waals surface area contributed by atoms with Crippen LogP contribution in [-0.2, 0) is 52.3 Å². The number of likely N-dealkylation sites (tertiary alicyclic amines) is 1. The Morgan fingerprint density at radius 2 is 1.69 bits per heavy atom. The summed E-state index contributed by atoms with van der Waals surface area (Å²) in [6.45, 7) is 9.03. The lowest BCUT2D eigenvalue weighted by Crippen LogP contribution is -2.58. The number of carbonyl (C=O) groups excluding carboxylic acids is 4. The first-order valence-electron chi connectivity index (χ1n) is 19.8. The molecule has 2 aliphatic carbocycles. The van der Waals surface area contributed by atoms with Gasteiger partial charge in [-0.25, -0.2) is 26.0 Å². The van der Waals surface area contributed by atoms with Gasteiger partial charge in [-0.15, -0.1) is 0 Å². The Morgan fingerprint density at radius 1 is 1.00 bits per heavy atom. The minimum absolute atomic E-state index is 0.00866. The zero-order chi connectivity index (χ0) is 41.8. The van der Waals surface area contributed by atoms with Crippen molar-refractivity contribution < 1.29 is 45.1 Å². The van der Waals surface area contributed by atoms with E-state index in [1.807, 2.05) is 27.7 Å². The van der Waals surface area contributed by atoms with Crippen molar-refractivity contribution in [3.63, 3.8) is 0 Å². The monoisotopic (exact) mass is 845 g/mol. The molecule has 0 aromatic heterocycles. The number of nitrogens with zero attached hydrogens (tertiary/aromatic N) is 3. The zero-order valence-corrected chi connectivity index (χ0v) is 34.8. The molecule has 16 nitrogen and oxygen atoms in total. The standard InChI is InChI=1S/C39H52FN7O9S2/c1-5-25-20-39(25,36(50)44-57(52,53)28-13-14-28)43-34(48)32-19-27(56-37(51)45-21-24-7-6-8-31(40)30(24)23-45)22-47(32)35(49)33(38(2,3)4)42-26-9-11-29(12-10-26)58(54,55)46-17-15-41-16-18-46/h6-12,25,27-28,32-33,41-42H,5,13-23H2,1-4H3,(H,43,48)(H,44,50)/t25-,27-,32+,33-,39-/m1/s1. The minimum Gasteiger partial charge on any atom is -0.444 e. The van der Waals surface area contributed by atoms with Gasteiger partial charge >= 0.3 is 6.09 Å². The molecule has 58 heavy (non-hydrogen) atoms. The summed E-state index contributed by atoms with van der Waals surface area (Å²) in [5, 5.41) is 8.54. The van der Waals surface area contributed by atoms with Crippen LogP contribution in [0.2, 0.25) is 0 Å². The van der Waals surface area contributed by atoms with Crippen LogP contribution in [0.25, 0.3) is 0 Å². The quantitative estimate of drug-likeness (QED) is 0.244. The molecule has 316 valence electrons. The molecule has 0 spiro atoms. The number of fused-ring (bicyclic) bond motifs is 1. The van der Waals surface area contributed by atoms with Gasteiger partial charge < -0.3 is 25.6 Å². The van der Waals surface area contributed by atoms with Gasteiger partial charge in [0.05, 0.1) is 23.2 Å². The number of amides is 4. The largest absolute Gasteiger partial charge is 0.444 e. The molecule has 3 heterocycles. The third-order valence-electron chi connectivity index (χ3n) is 11.8. The molecule has 0 bridgehead atoms. The first kappa shape index (κ1) is 41.8. The van der Waals surface area contributed by atoms with E-state index in [4.69, 9.17) is 4.74 Å². The van der Waals surface area contributed by atoms with E-state index >= 15 is 0 Å². The molecule has 2 saturated carbocycles. The number of anilines is 1. The molecule has 2 saturated heterocycles. The molecule has 5 atom stereocenters. The molecular weight excluding hydrogens is 794 g/mol. The number of carbonyl (C=O) groups is 4. The average Bonchev–Trinajstić information content (AvgIpc) is 4.07. The highest BCUT2D eigenvalue weighted by Crippen LogP contribution is 2.47. The lowest BCUT2D eigenvalue weighted by atomic mass is 9.85. The summed E-state index contributed by atoms with van der Waals surface area (Å²) in [4.78, 5) is 58.9. The molecular formula is C39H52FN7O9S2. The van der Waals surface area contributed by atoms with E-state index in [9.17, 15) is 40.4 Å². The number of ether oxygens (including phenoxy) is 1. The van der Waals surface area contributed by atoms with Crippen LogP contribution in [0.3, 0.4) is 0 Å². The highest BCUT2D eigenvalue weighted by atomic mass is 32.2. The van der Waals surface area contributed by atoms with Crippen molar-refractivity contribution in [3.05, 3.63) is 59.4 Å². The lowest BCUT2D eigenvalue weighted by Gasteiger charge is -2.36. The predicted octanol–water partition coefficient (Wildman–Crippen LogP) is 2.26. The summed E-state index contributed by atoms with van der Waals surface area (Å²) in [7, 11) is -7.65. The maximum atomic E-state index is 14.7. The van der Waals surface area contributed by atoms with Gasteiger partial charge in [-0.05, 0) is 66.5 Å².